The van der Waals surface area contributed by atoms with Crippen molar-refractivity contribution in [1.82, 2.24) is 15.1 Å². The lowest BCUT2D eigenvalue weighted by atomic mass is 10.2. The first-order valence-electron chi connectivity index (χ1n) is 6.37. The van der Waals surface area contributed by atoms with Crippen LogP contribution in [0.25, 0.3) is 0 Å². The zero-order chi connectivity index (χ0) is 14.3. The molecule has 7 nitrogen and oxygen atoms in total. The number of nitrogens with one attached hydrogen (secondary N) is 1. The molecule has 1 amide bonds. The molecule has 0 bridgehead atoms. The molecule has 19 heavy (non-hydrogen) atoms. The van der Waals surface area contributed by atoms with Crippen LogP contribution in [-0.2, 0) is 6.54 Å². The average molecular weight is 267 g/mol. The van der Waals surface area contributed by atoms with Crippen molar-refractivity contribution in [1.29, 1.82) is 0 Å². The van der Waals surface area contributed by atoms with Crippen molar-refractivity contribution in [3.05, 3.63) is 17.5 Å². The Balaban J connectivity index is 2.35. The van der Waals surface area contributed by atoms with Crippen molar-refractivity contribution in [2.75, 3.05) is 6.54 Å². The number of oxime groups is 1. The highest BCUT2D eigenvalue weighted by atomic mass is 16.4. The van der Waals surface area contributed by atoms with Gasteiger partial charge >= 0.3 is 0 Å². The van der Waals surface area contributed by atoms with Gasteiger partial charge < -0.3 is 16.3 Å². The molecule has 1 heterocycles. The van der Waals surface area contributed by atoms with Crippen molar-refractivity contribution < 1.29 is 10.0 Å². The second kappa shape index (κ2) is 7.40. The van der Waals surface area contributed by atoms with Gasteiger partial charge in [-0.05, 0) is 32.8 Å². The van der Waals surface area contributed by atoms with Gasteiger partial charge in [-0.3, -0.25) is 9.48 Å². The van der Waals surface area contributed by atoms with E-state index in [4.69, 9.17) is 10.9 Å². The molecule has 7 heteroatoms. The van der Waals surface area contributed by atoms with Crippen LogP contribution in [0, 0.1) is 6.92 Å². The Morgan fingerprint density at radius 2 is 2.32 bits per heavy atom. The maximum atomic E-state index is 11.9. The van der Waals surface area contributed by atoms with E-state index in [1.165, 1.54) is 0 Å². The van der Waals surface area contributed by atoms with Gasteiger partial charge in [-0.1, -0.05) is 5.16 Å². The van der Waals surface area contributed by atoms with E-state index in [2.05, 4.69) is 15.6 Å². The van der Waals surface area contributed by atoms with Gasteiger partial charge in [0.2, 0.25) is 0 Å². The Morgan fingerprint density at radius 3 is 2.95 bits per heavy atom. The molecule has 0 spiro atoms. The standard InChI is InChI=1S/C12H21N5O2/c1-3-17-10(8-9(2)15-17)12(18)14-7-5-4-6-11(13)16-19/h8,19H,3-7H2,1-2H3,(H2,13,16)(H,14,18). The van der Waals surface area contributed by atoms with Gasteiger partial charge in [-0.2, -0.15) is 5.10 Å². The van der Waals surface area contributed by atoms with Gasteiger partial charge in [0.15, 0.2) is 0 Å². The van der Waals surface area contributed by atoms with Crippen LogP contribution in [0.2, 0.25) is 0 Å². The Hall–Kier alpha value is -2.05. The monoisotopic (exact) mass is 267 g/mol. The lowest BCUT2D eigenvalue weighted by molar-refractivity contribution is 0.0942. The quantitative estimate of drug-likeness (QED) is 0.224. The summed E-state index contributed by atoms with van der Waals surface area (Å²) in [6, 6.07) is 1.77. The summed E-state index contributed by atoms with van der Waals surface area (Å²) >= 11 is 0. The second-order valence-electron chi connectivity index (χ2n) is 4.29. The topological polar surface area (TPSA) is 106 Å². The number of amides is 1. The van der Waals surface area contributed by atoms with Gasteiger partial charge in [0.05, 0.1) is 5.69 Å². The molecule has 0 aliphatic heterocycles. The van der Waals surface area contributed by atoms with E-state index in [0.29, 0.717) is 25.2 Å². The number of nitrogens with zero attached hydrogens (tertiary/aromatic N) is 3. The summed E-state index contributed by atoms with van der Waals surface area (Å²) < 4.78 is 1.68. The number of aryl methyl sites for hydroxylation is 2. The molecule has 0 aliphatic carbocycles. The van der Waals surface area contributed by atoms with E-state index in [9.17, 15) is 4.79 Å². The second-order valence-corrected chi connectivity index (χ2v) is 4.29. The molecule has 0 aromatic carbocycles. The predicted octanol–water partition coefficient (Wildman–Crippen LogP) is 0.858. The Kier molecular flexibility index (Phi) is 5.84. The molecular formula is C12H21N5O2. The zero-order valence-electron chi connectivity index (χ0n) is 11.4. The molecule has 0 aliphatic rings. The first-order valence-corrected chi connectivity index (χ1v) is 6.37. The van der Waals surface area contributed by atoms with Crippen LogP contribution in [0.3, 0.4) is 0 Å². The number of hydrogen-bond donors (Lipinski definition) is 3. The van der Waals surface area contributed by atoms with Crippen LogP contribution in [0.4, 0.5) is 0 Å². The number of amidine groups is 1. The molecule has 0 unspecified atom stereocenters. The number of nitrogens with two attached hydrogens (primary N) is 1. The highest BCUT2D eigenvalue weighted by Crippen LogP contribution is 2.03. The largest absolute Gasteiger partial charge is 0.409 e. The molecule has 0 saturated carbocycles. The number of aromatic nitrogens is 2. The van der Waals surface area contributed by atoms with Gasteiger partial charge in [0.25, 0.3) is 5.91 Å². The smallest absolute Gasteiger partial charge is 0.269 e. The van der Waals surface area contributed by atoms with Crippen LogP contribution in [0.1, 0.15) is 42.4 Å². The molecule has 0 radical (unpaired) electrons. The molecule has 0 fully saturated rings. The highest BCUT2D eigenvalue weighted by molar-refractivity contribution is 5.92. The Bertz CT molecular complexity index is 453. The third-order valence-corrected chi connectivity index (χ3v) is 2.71. The zero-order valence-corrected chi connectivity index (χ0v) is 11.4. The molecule has 1 aromatic heterocycles. The van der Waals surface area contributed by atoms with E-state index in [-0.39, 0.29) is 11.7 Å². The van der Waals surface area contributed by atoms with E-state index >= 15 is 0 Å². The molecule has 106 valence electrons. The number of carbonyl (C=O) groups is 1. The third kappa shape index (κ3) is 4.61. The van der Waals surface area contributed by atoms with E-state index < -0.39 is 0 Å². The predicted molar refractivity (Wildman–Crippen MR) is 72.2 cm³/mol. The highest BCUT2D eigenvalue weighted by Gasteiger charge is 2.12. The van der Waals surface area contributed by atoms with E-state index in [1.54, 1.807) is 10.7 Å². The number of hydrogen-bond acceptors (Lipinski definition) is 4. The fraction of sp³-hybridized carbons (Fsp3) is 0.583. The number of unbranched alkanes of at least 4 members (excludes halogenated alkanes) is 1. The first kappa shape index (κ1) is 15.0. The summed E-state index contributed by atoms with van der Waals surface area (Å²) in [5.41, 5.74) is 6.76. The maximum absolute atomic E-state index is 11.9. The molecule has 4 N–H and O–H groups in total. The summed E-state index contributed by atoms with van der Waals surface area (Å²) in [6.07, 6.45) is 2.07. The number of carbonyl (C=O) groups excluding carboxylic acids is 1. The Labute approximate surface area is 112 Å². The molecule has 0 atom stereocenters. The lowest BCUT2D eigenvalue weighted by Gasteiger charge is -2.06. The first-order chi connectivity index (χ1) is 9.08. The Morgan fingerprint density at radius 1 is 1.58 bits per heavy atom. The van der Waals surface area contributed by atoms with Crippen LogP contribution < -0.4 is 11.1 Å². The SMILES string of the molecule is CCn1nc(C)cc1C(=O)NCCCCC(N)=NO. The van der Waals surface area contributed by atoms with Gasteiger partial charge in [-0.15, -0.1) is 0 Å². The minimum atomic E-state index is -0.119. The molecule has 0 saturated heterocycles. The summed E-state index contributed by atoms with van der Waals surface area (Å²) in [6.45, 7) is 5.03. The third-order valence-electron chi connectivity index (χ3n) is 2.71. The fourth-order valence-electron chi connectivity index (χ4n) is 1.74. The molecule has 1 aromatic rings. The van der Waals surface area contributed by atoms with E-state index in [0.717, 1.165) is 18.5 Å². The normalized spacial score (nSPS) is 11.6. The van der Waals surface area contributed by atoms with Gasteiger partial charge in [0.1, 0.15) is 11.5 Å². The van der Waals surface area contributed by atoms with Crippen molar-refractivity contribution in [2.24, 2.45) is 10.9 Å². The molecular weight excluding hydrogens is 246 g/mol. The summed E-state index contributed by atoms with van der Waals surface area (Å²) in [5, 5.41) is 18.3. The van der Waals surface area contributed by atoms with Crippen LogP contribution in [0.15, 0.2) is 11.2 Å². The van der Waals surface area contributed by atoms with Crippen LogP contribution in [0.5, 0.6) is 0 Å². The molecule has 1 rings (SSSR count). The average Bonchev–Trinajstić information content (AvgIpc) is 2.79. The van der Waals surface area contributed by atoms with Crippen molar-refractivity contribution >= 4 is 11.7 Å². The van der Waals surface area contributed by atoms with Gasteiger partial charge in [-0.25, -0.2) is 0 Å². The lowest BCUT2D eigenvalue weighted by Crippen LogP contribution is -2.27. The summed E-state index contributed by atoms with van der Waals surface area (Å²) in [5.74, 6) is 0.0947. The van der Waals surface area contributed by atoms with E-state index in [1.807, 2.05) is 13.8 Å². The minimum Gasteiger partial charge on any atom is -0.409 e. The van der Waals surface area contributed by atoms with Crippen LogP contribution in [-0.4, -0.2) is 33.3 Å². The summed E-state index contributed by atoms with van der Waals surface area (Å²) in [7, 11) is 0. The van der Waals surface area contributed by atoms with Crippen molar-refractivity contribution in [3.8, 4) is 0 Å². The van der Waals surface area contributed by atoms with Crippen LogP contribution >= 0.6 is 0 Å². The van der Waals surface area contributed by atoms with Crippen molar-refractivity contribution in [2.45, 2.75) is 39.7 Å². The summed E-state index contributed by atoms with van der Waals surface area (Å²) in [4.78, 5) is 11.9. The number of rotatable bonds is 7. The minimum absolute atomic E-state index is 0.119. The van der Waals surface area contributed by atoms with Gasteiger partial charge in [0, 0.05) is 19.5 Å². The van der Waals surface area contributed by atoms with Crippen molar-refractivity contribution in [3.63, 3.8) is 0 Å². The fourth-order valence-corrected chi connectivity index (χ4v) is 1.74. The maximum Gasteiger partial charge on any atom is 0.269 e.